The van der Waals surface area contributed by atoms with E-state index in [1.54, 1.807) is 0 Å². The zero-order chi connectivity index (χ0) is 21.0. The first-order chi connectivity index (χ1) is 13.7. The molecule has 1 saturated heterocycles. The Kier molecular flexibility index (Phi) is 6.12. The molecule has 3 rings (SSSR count). The molecular weight excluding hydrogens is 389 g/mol. The van der Waals surface area contributed by atoms with Gasteiger partial charge in [0.25, 0.3) is 0 Å². The number of carboxylic acid groups (broad SMARTS) is 1. The zero-order valence-corrected chi connectivity index (χ0v) is 15.4. The number of carboxylic acids is 1. The van der Waals surface area contributed by atoms with E-state index in [4.69, 9.17) is 9.84 Å². The van der Waals surface area contributed by atoms with Crippen molar-refractivity contribution in [2.45, 2.75) is 24.9 Å². The van der Waals surface area contributed by atoms with Gasteiger partial charge in [0.2, 0.25) is 5.88 Å². The fourth-order valence-electron chi connectivity index (χ4n) is 3.12. The Bertz CT molecular complexity index is 879. The minimum absolute atomic E-state index is 0.0375. The molecule has 1 aliphatic rings. The van der Waals surface area contributed by atoms with Crippen molar-refractivity contribution in [1.29, 1.82) is 0 Å². The summed E-state index contributed by atoms with van der Waals surface area (Å²) in [5.41, 5.74) is -0.245. The van der Waals surface area contributed by atoms with E-state index in [9.17, 15) is 18.0 Å². The Morgan fingerprint density at radius 3 is 2.48 bits per heavy atom. The molecule has 0 unspecified atom stereocenters. The van der Waals surface area contributed by atoms with Crippen LogP contribution in [0.1, 0.15) is 30.1 Å². The lowest BCUT2D eigenvalue weighted by Crippen LogP contribution is -2.35. The number of ether oxygens (including phenoxy) is 1. The van der Waals surface area contributed by atoms with E-state index in [1.165, 1.54) is 18.5 Å². The zero-order valence-electron chi connectivity index (χ0n) is 15.4. The topological polar surface area (TPSA) is 88.4 Å². The van der Waals surface area contributed by atoms with E-state index in [2.05, 4.69) is 21.5 Å². The summed E-state index contributed by atoms with van der Waals surface area (Å²) in [5.74, 6) is -0.616. The highest BCUT2D eigenvalue weighted by Gasteiger charge is 2.32. The number of halogens is 3. The number of hydrogen-bond donors (Lipinski definition) is 1. The molecule has 2 aromatic heterocycles. The van der Waals surface area contributed by atoms with Crippen molar-refractivity contribution in [2.24, 2.45) is 0 Å². The van der Waals surface area contributed by atoms with E-state index in [0.29, 0.717) is 38.2 Å². The maximum atomic E-state index is 12.6. The first-order valence-corrected chi connectivity index (χ1v) is 8.89. The standard InChI is InChI=1S/C19H19F3N4O3/c1-12(18(27)28)11-26-8-4-13(5-9-26)16-17(24-7-6-23-16)29-14-2-3-15(25-10-14)19(20,21)22/h2-3,6-7,10,13H,1,4-5,8-9,11H2,(H,27,28). The van der Waals surface area contributed by atoms with Crippen LogP contribution < -0.4 is 4.74 Å². The fourth-order valence-corrected chi connectivity index (χ4v) is 3.12. The van der Waals surface area contributed by atoms with Crippen molar-refractivity contribution in [1.82, 2.24) is 19.9 Å². The van der Waals surface area contributed by atoms with Crippen molar-refractivity contribution in [3.8, 4) is 11.6 Å². The van der Waals surface area contributed by atoms with Gasteiger partial charge in [0.1, 0.15) is 17.1 Å². The molecule has 1 N–H and O–H groups in total. The summed E-state index contributed by atoms with van der Waals surface area (Å²) in [5, 5.41) is 8.95. The van der Waals surface area contributed by atoms with Gasteiger partial charge in [0.15, 0.2) is 0 Å². The molecule has 0 amide bonds. The molecule has 0 spiro atoms. The van der Waals surface area contributed by atoms with Crippen LogP contribution in [0, 0.1) is 0 Å². The number of nitrogens with zero attached hydrogens (tertiary/aromatic N) is 4. The lowest BCUT2D eigenvalue weighted by molar-refractivity contribution is -0.141. The van der Waals surface area contributed by atoms with Crippen LogP contribution in [0.5, 0.6) is 11.6 Å². The van der Waals surface area contributed by atoms with Gasteiger partial charge in [0.05, 0.1) is 6.20 Å². The van der Waals surface area contributed by atoms with Gasteiger partial charge in [-0.2, -0.15) is 13.2 Å². The molecule has 29 heavy (non-hydrogen) atoms. The van der Waals surface area contributed by atoms with Gasteiger partial charge in [-0.1, -0.05) is 6.58 Å². The molecule has 1 fully saturated rings. The molecule has 0 bridgehead atoms. The summed E-state index contributed by atoms with van der Waals surface area (Å²) in [4.78, 5) is 24.8. The summed E-state index contributed by atoms with van der Waals surface area (Å²) >= 11 is 0. The first-order valence-electron chi connectivity index (χ1n) is 8.89. The Labute approximate surface area is 164 Å². The highest BCUT2D eigenvalue weighted by atomic mass is 19.4. The molecule has 0 aliphatic carbocycles. The molecule has 0 saturated carbocycles. The molecular formula is C19H19F3N4O3. The number of aliphatic carboxylic acids is 1. The highest BCUT2D eigenvalue weighted by molar-refractivity contribution is 5.86. The Balaban J connectivity index is 1.67. The average molecular weight is 408 g/mol. The number of aromatic nitrogens is 3. The van der Waals surface area contributed by atoms with Crippen LogP contribution >= 0.6 is 0 Å². The Morgan fingerprint density at radius 1 is 1.21 bits per heavy atom. The molecule has 7 nitrogen and oxygen atoms in total. The van der Waals surface area contributed by atoms with E-state index >= 15 is 0 Å². The highest BCUT2D eigenvalue weighted by Crippen LogP contribution is 2.34. The van der Waals surface area contributed by atoms with Gasteiger partial charge in [-0.25, -0.2) is 14.8 Å². The first kappa shape index (κ1) is 20.7. The van der Waals surface area contributed by atoms with Crippen LogP contribution in [0.15, 0.2) is 42.9 Å². The van der Waals surface area contributed by atoms with Gasteiger partial charge < -0.3 is 9.84 Å². The molecule has 1 aliphatic heterocycles. The number of carbonyl (C=O) groups is 1. The minimum Gasteiger partial charge on any atom is -0.478 e. The fraction of sp³-hybridized carbons (Fsp3) is 0.368. The summed E-state index contributed by atoms with van der Waals surface area (Å²) in [6.45, 7) is 5.17. The Morgan fingerprint density at radius 2 is 1.90 bits per heavy atom. The molecule has 0 aromatic carbocycles. The normalized spacial score (nSPS) is 15.8. The molecule has 10 heteroatoms. The van der Waals surface area contributed by atoms with Crippen LogP contribution in [0.25, 0.3) is 0 Å². The van der Waals surface area contributed by atoms with Crippen molar-refractivity contribution < 1.29 is 27.8 Å². The van der Waals surface area contributed by atoms with Crippen LogP contribution in [0.3, 0.4) is 0 Å². The monoisotopic (exact) mass is 408 g/mol. The SMILES string of the molecule is C=C(CN1CCC(c2nccnc2Oc2ccc(C(F)(F)F)nc2)CC1)C(=O)O. The second-order valence-electron chi connectivity index (χ2n) is 6.68. The van der Waals surface area contributed by atoms with E-state index in [1.807, 2.05) is 4.90 Å². The van der Waals surface area contributed by atoms with Gasteiger partial charge in [-0.15, -0.1) is 0 Å². The van der Waals surface area contributed by atoms with Crippen LogP contribution in [-0.4, -0.2) is 50.6 Å². The summed E-state index contributed by atoms with van der Waals surface area (Å²) in [7, 11) is 0. The van der Waals surface area contributed by atoms with Crippen LogP contribution in [0.4, 0.5) is 13.2 Å². The number of rotatable bonds is 6. The lowest BCUT2D eigenvalue weighted by atomic mass is 9.93. The predicted molar refractivity (Wildman–Crippen MR) is 96.5 cm³/mol. The van der Waals surface area contributed by atoms with E-state index in [-0.39, 0.29) is 23.1 Å². The Hall–Kier alpha value is -3.01. The number of piperidine rings is 1. The molecule has 3 heterocycles. The minimum atomic E-state index is -4.52. The van der Waals surface area contributed by atoms with Crippen LogP contribution in [-0.2, 0) is 11.0 Å². The summed E-state index contributed by atoms with van der Waals surface area (Å²) < 4.78 is 43.6. The summed E-state index contributed by atoms with van der Waals surface area (Å²) in [6, 6.07) is 2.04. The lowest BCUT2D eigenvalue weighted by Gasteiger charge is -2.31. The van der Waals surface area contributed by atoms with Gasteiger partial charge in [-0.3, -0.25) is 9.88 Å². The maximum absolute atomic E-state index is 12.6. The largest absolute Gasteiger partial charge is 0.478 e. The van der Waals surface area contributed by atoms with E-state index in [0.717, 1.165) is 12.3 Å². The third-order valence-electron chi connectivity index (χ3n) is 4.62. The second kappa shape index (κ2) is 8.56. The van der Waals surface area contributed by atoms with Crippen molar-refractivity contribution >= 4 is 5.97 Å². The molecule has 0 radical (unpaired) electrons. The smallest absolute Gasteiger partial charge is 0.433 e. The number of pyridine rings is 1. The predicted octanol–water partition coefficient (Wildman–Crippen LogP) is 3.50. The number of alkyl halides is 3. The van der Waals surface area contributed by atoms with Crippen molar-refractivity contribution in [3.63, 3.8) is 0 Å². The van der Waals surface area contributed by atoms with Gasteiger partial charge in [0, 0.05) is 30.4 Å². The molecule has 0 atom stereocenters. The second-order valence-corrected chi connectivity index (χ2v) is 6.68. The third kappa shape index (κ3) is 5.29. The number of likely N-dealkylation sites (tertiary alicyclic amines) is 1. The third-order valence-corrected chi connectivity index (χ3v) is 4.62. The van der Waals surface area contributed by atoms with Crippen molar-refractivity contribution in [2.75, 3.05) is 19.6 Å². The van der Waals surface area contributed by atoms with Crippen molar-refractivity contribution in [3.05, 3.63) is 54.3 Å². The summed E-state index contributed by atoms with van der Waals surface area (Å²) in [6.07, 6.45) is 0.895. The quantitative estimate of drug-likeness (QED) is 0.732. The van der Waals surface area contributed by atoms with Gasteiger partial charge in [-0.05, 0) is 38.1 Å². The van der Waals surface area contributed by atoms with Crippen LogP contribution in [0.2, 0.25) is 0 Å². The average Bonchev–Trinajstić information content (AvgIpc) is 2.69. The molecule has 2 aromatic rings. The van der Waals surface area contributed by atoms with E-state index < -0.39 is 17.8 Å². The molecule has 154 valence electrons. The van der Waals surface area contributed by atoms with Gasteiger partial charge >= 0.3 is 12.1 Å². The number of hydrogen-bond acceptors (Lipinski definition) is 6. The maximum Gasteiger partial charge on any atom is 0.433 e.